The predicted octanol–water partition coefficient (Wildman–Crippen LogP) is 4.67. The van der Waals surface area contributed by atoms with Crippen molar-refractivity contribution in [2.45, 2.75) is 131 Å². The molecule has 0 atom stereocenters. The molecule has 2 N–H and O–H groups in total. The van der Waals surface area contributed by atoms with Gasteiger partial charge in [-0.3, -0.25) is 0 Å². The van der Waals surface area contributed by atoms with Crippen molar-refractivity contribution < 1.29 is 50.7 Å². The molecule has 2 aromatic carbocycles. The number of hydrogen-bond acceptors (Lipinski definition) is 3. The van der Waals surface area contributed by atoms with Crippen LogP contribution in [0.3, 0.4) is 0 Å². The molecule has 0 unspecified atom stereocenters. The monoisotopic (exact) mass is 766 g/mol. The quantitative estimate of drug-likeness (QED) is 0.244. The van der Waals surface area contributed by atoms with E-state index in [-0.39, 0.29) is 50.7 Å². The Labute approximate surface area is 298 Å². The van der Waals surface area contributed by atoms with Gasteiger partial charge in [-0.25, -0.2) is 0 Å². The zero-order valence-electron chi connectivity index (χ0n) is 29.6. The summed E-state index contributed by atoms with van der Waals surface area (Å²) in [6.45, 7) is 32.0. The third-order valence-electron chi connectivity index (χ3n) is 8.30. The Morgan fingerprint density at radius 2 is 0.744 bits per heavy atom. The predicted molar refractivity (Wildman–Crippen MR) is 181 cm³/mol. The van der Waals surface area contributed by atoms with Crippen molar-refractivity contribution in [3.05, 3.63) is 57.6 Å². The zero-order valence-corrected chi connectivity index (χ0v) is 33.8. The molecule has 2 aromatic rings. The molecular formula is C37H63Br2CoN3. The van der Waals surface area contributed by atoms with Gasteiger partial charge in [-0.15, -0.1) is 0 Å². The van der Waals surface area contributed by atoms with Gasteiger partial charge in [0, 0.05) is 24.5 Å². The van der Waals surface area contributed by atoms with Crippen LogP contribution in [-0.2, 0) is 16.8 Å². The van der Waals surface area contributed by atoms with Gasteiger partial charge < -0.3 is 49.5 Å². The molecule has 0 fully saturated rings. The van der Waals surface area contributed by atoms with E-state index in [1.807, 2.05) is 0 Å². The van der Waals surface area contributed by atoms with Crippen molar-refractivity contribution in [1.29, 1.82) is 0 Å². The van der Waals surface area contributed by atoms with Gasteiger partial charge in [0.25, 0.3) is 0 Å². The van der Waals surface area contributed by atoms with Crippen LogP contribution < -0.4 is 44.6 Å². The van der Waals surface area contributed by atoms with Crippen LogP contribution in [-0.4, -0.2) is 38.1 Å². The summed E-state index contributed by atoms with van der Waals surface area (Å²) in [6, 6.07) is 9.76. The molecule has 6 heteroatoms. The van der Waals surface area contributed by atoms with Gasteiger partial charge >= 0.3 is 16.8 Å². The van der Waals surface area contributed by atoms with Gasteiger partial charge in [-0.2, -0.15) is 0 Å². The summed E-state index contributed by atoms with van der Waals surface area (Å²) in [4.78, 5) is 2.49. The first-order valence-corrected chi connectivity index (χ1v) is 16.3. The summed E-state index contributed by atoms with van der Waals surface area (Å²) in [5.74, 6) is 3.18. The van der Waals surface area contributed by atoms with Crippen LogP contribution in [0.1, 0.15) is 165 Å². The third-order valence-corrected chi connectivity index (χ3v) is 8.30. The van der Waals surface area contributed by atoms with Gasteiger partial charge in [-0.05, 0) is 102 Å². The minimum absolute atomic E-state index is 0. The van der Waals surface area contributed by atoms with Gasteiger partial charge in [0.2, 0.25) is 0 Å². The van der Waals surface area contributed by atoms with Crippen molar-refractivity contribution >= 4 is 11.4 Å². The average molecular weight is 769 g/mol. The molecule has 3 nitrogen and oxygen atoms in total. The molecule has 0 saturated heterocycles. The van der Waals surface area contributed by atoms with Gasteiger partial charge in [0.1, 0.15) is 0 Å². The zero-order chi connectivity index (χ0) is 30.1. The molecule has 0 bridgehead atoms. The van der Waals surface area contributed by atoms with E-state index in [2.05, 4.69) is 130 Å². The third kappa shape index (κ3) is 13.4. The molecule has 0 amide bonds. The SMILES string of the molecule is CC(C)c1cc(C(C)C)c(NCCCN(C)CCCNc2c(C(C)C)cc(C(C)C)cc2C(C)C)c(C(C)C)c1.[Br-].[Br-].[Co+2]. The minimum Gasteiger partial charge on any atom is -1.00 e. The van der Waals surface area contributed by atoms with Crippen LogP contribution in [0.4, 0.5) is 11.4 Å². The fourth-order valence-corrected chi connectivity index (χ4v) is 5.56. The first kappa shape index (κ1) is 44.6. The first-order chi connectivity index (χ1) is 18.7. The van der Waals surface area contributed by atoms with E-state index in [1.54, 1.807) is 0 Å². The molecule has 0 aliphatic rings. The normalized spacial score (nSPS) is 11.4. The van der Waals surface area contributed by atoms with Gasteiger partial charge in [0.05, 0.1) is 0 Å². The van der Waals surface area contributed by atoms with E-state index in [0.29, 0.717) is 35.5 Å². The Hall–Kier alpha value is -0.534. The van der Waals surface area contributed by atoms with E-state index < -0.39 is 0 Å². The number of halogens is 2. The van der Waals surface area contributed by atoms with Crippen LogP contribution in [0, 0.1) is 0 Å². The Bertz CT molecular complexity index is 922. The topological polar surface area (TPSA) is 27.3 Å². The Morgan fingerprint density at radius 1 is 0.488 bits per heavy atom. The number of hydrogen-bond donors (Lipinski definition) is 2. The van der Waals surface area contributed by atoms with Crippen molar-refractivity contribution in [3.8, 4) is 0 Å². The van der Waals surface area contributed by atoms with Gasteiger partial charge in [-0.1, -0.05) is 107 Å². The van der Waals surface area contributed by atoms with Gasteiger partial charge in [0.15, 0.2) is 0 Å². The standard InChI is InChI=1S/C37H63N3.2BrH.Co/c1-24(2)30-20-32(26(5)6)36(33(21-30)27(7)8)38-16-14-18-40(13)19-15-17-39-37-34(28(9)10)22-31(25(3)4)23-35(37)29(11)12;;;/h20-29,38-39H,14-19H2,1-13H3;2*1H;/q;;;+2/p-2. The van der Waals surface area contributed by atoms with E-state index in [0.717, 1.165) is 39.0 Å². The number of nitrogens with one attached hydrogen (secondary N) is 2. The Kier molecular flexibility index (Phi) is 22.1. The number of benzene rings is 2. The fourth-order valence-electron chi connectivity index (χ4n) is 5.56. The van der Waals surface area contributed by atoms with Crippen molar-refractivity contribution in [1.82, 2.24) is 4.90 Å². The maximum atomic E-state index is 3.86. The molecule has 249 valence electrons. The second kappa shape index (κ2) is 21.3. The molecule has 1 radical (unpaired) electrons. The number of anilines is 2. The van der Waals surface area contributed by atoms with Crippen LogP contribution in [0.5, 0.6) is 0 Å². The maximum Gasteiger partial charge on any atom is 2.00 e. The molecule has 0 aliphatic heterocycles. The van der Waals surface area contributed by atoms with Crippen molar-refractivity contribution in [3.63, 3.8) is 0 Å². The summed E-state index contributed by atoms with van der Waals surface area (Å²) < 4.78 is 0. The summed E-state index contributed by atoms with van der Waals surface area (Å²) in [5.41, 5.74) is 11.6. The summed E-state index contributed by atoms with van der Waals surface area (Å²) >= 11 is 0. The molecule has 0 heterocycles. The first-order valence-electron chi connectivity index (χ1n) is 16.3. The number of rotatable bonds is 16. The molecule has 0 aliphatic carbocycles. The van der Waals surface area contributed by atoms with Crippen LogP contribution >= 0.6 is 0 Å². The molecule has 43 heavy (non-hydrogen) atoms. The van der Waals surface area contributed by atoms with Crippen molar-refractivity contribution in [2.24, 2.45) is 0 Å². The second-order valence-corrected chi connectivity index (χ2v) is 13.9. The number of nitrogens with zero attached hydrogens (tertiary/aromatic N) is 1. The van der Waals surface area contributed by atoms with E-state index in [1.165, 1.54) is 44.8 Å². The van der Waals surface area contributed by atoms with Crippen LogP contribution in [0.2, 0.25) is 0 Å². The molecule has 0 saturated carbocycles. The molecule has 2 rings (SSSR count). The molecular weight excluding hydrogens is 705 g/mol. The molecule has 0 spiro atoms. The smallest absolute Gasteiger partial charge is 1.00 e. The fraction of sp³-hybridized carbons (Fsp3) is 0.676. The van der Waals surface area contributed by atoms with Crippen molar-refractivity contribution in [2.75, 3.05) is 43.9 Å². The minimum atomic E-state index is 0. The van der Waals surface area contributed by atoms with E-state index in [4.69, 9.17) is 0 Å². The summed E-state index contributed by atoms with van der Waals surface area (Å²) in [6.07, 6.45) is 2.30. The van der Waals surface area contributed by atoms with Crippen LogP contribution in [0.25, 0.3) is 0 Å². The van der Waals surface area contributed by atoms with Crippen LogP contribution in [0.15, 0.2) is 24.3 Å². The Morgan fingerprint density at radius 3 is 0.953 bits per heavy atom. The Balaban J connectivity index is 0. The summed E-state index contributed by atoms with van der Waals surface area (Å²) in [7, 11) is 2.27. The average Bonchev–Trinajstić information content (AvgIpc) is 2.87. The second-order valence-electron chi connectivity index (χ2n) is 13.9. The summed E-state index contributed by atoms with van der Waals surface area (Å²) in [5, 5.41) is 7.72. The van der Waals surface area contributed by atoms with E-state index >= 15 is 0 Å². The van der Waals surface area contributed by atoms with E-state index in [9.17, 15) is 0 Å². The molecule has 0 aromatic heterocycles. The largest absolute Gasteiger partial charge is 2.00 e. The maximum absolute atomic E-state index is 3.86.